The highest BCUT2D eigenvalue weighted by atomic mass is 32.2. The zero-order chi connectivity index (χ0) is 11.1. The molecule has 0 radical (unpaired) electrons. The number of carbonyl (C=O) groups is 1. The first-order chi connectivity index (χ1) is 7.27. The minimum Gasteiger partial charge on any atom is -0.352 e. The number of hydrogen-bond acceptors (Lipinski definition) is 3. The maximum atomic E-state index is 11.6. The van der Waals surface area contributed by atoms with E-state index in [-0.39, 0.29) is 5.91 Å². The Morgan fingerprint density at radius 3 is 3.00 bits per heavy atom. The molecule has 88 valence electrons. The summed E-state index contributed by atoms with van der Waals surface area (Å²) in [6.07, 6.45) is 4.61. The molecule has 1 saturated carbocycles. The fraction of sp³-hybridized carbons (Fsp3) is 0.909. The first kappa shape index (κ1) is 12.8. The Bertz CT molecular complexity index is 199. The molecule has 2 unspecified atom stereocenters. The Morgan fingerprint density at radius 1 is 1.53 bits per heavy atom. The Hall–Kier alpha value is -0.220. The lowest BCUT2D eigenvalue weighted by Gasteiger charge is -2.19. The molecule has 1 aliphatic rings. The van der Waals surface area contributed by atoms with Crippen LogP contribution in [0.2, 0.25) is 0 Å². The van der Waals surface area contributed by atoms with Crippen molar-refractivity contribution in [3.05, 3.63) is 0 Å². The lowest BCUT2D eigenvalue weighted by Crippen LogP contribution is -2.40. The van der Waals surface area contributed by atoms with Crippen LogP contribution in [0.5, 0.6) is 0 Å². The van der Waals surface area contributed by atoms with Crippen molar-refractivity contribution in [2.75, 3.05) is 18.1 Å². The van der Waals surface area contributed by atoms with Gasteiger partial charge >= 0.3 is 0 Å². The molecule has 0 saturated heterocycles. The number of rotatable bonds is 6. The highest BCUT2D eigenvalue weighted by Crippen LogP contribution is 2.24. The van der Waals surface area contributed by atoms with Crippen molar-refractivity contribution in [2.45, 2.75) is 38.6 Å². The van der Waals surface area contributed by atoms with E-state index in [1.54, 1.807) is 11.8 Å². The maximum absolute atomic E-state index is 11.6. The number of nitrogens with two attached hydrogens (primary N) is 1. The molecule has 3 nitrogen and oxygen atoms in total. The van der Waals surface area contributed by atoms with Crippen LogP contribution < -0.4 is 11.1 Å². The van der Waals surface area contributed by atoms with E-state index in [1.807, 2.05) is 0 Å². The molecule has 1 amide bonds. The molecule has 0 spiro atoms. The molecule has 1 fully saturated rings. The summed E-state index contributed by atoms with van der Waals surface area (Å²) < 4.78 is 0. The SMILES string of the molecule is CCCSCC(=O)NC1CCCC1CN. The van der Waals surface area contributed by atoms with Crippen LogP contribution in [0.3, 0.4) is 0 Å². The van der Waals surface area contributed by atoms with E-state index in [9.17, 15) is 4.79 Å². The van der Waals surface area contributed by atoms with Crippen LogP contribution in [-0.2, 0) is 4.79 Å². The van der Waals surface area contributed by atoms with Gasteiger partial charge in [-0.1, -0.05) is 13.3 Å². The van der Waals surface area contributed by atoms with Crippen LogP contribution >= 0.6 is 11.8 Å². The predicted octanol–water partition coefficient (Wildman–Crippen LogP) is 1.37. The van der Waals surface area contributed by atoms with E-state index in [2.05, 4.69) is 12.2 Å². The van der Waals surface area contributed by atoms with E-state index < -0.39 is 0 Å². The van der Waals surface area contributed by atoms with Gasteiger partial charge in [0.15, 0.2) is 0 Å². The van der Waals surface area contributed by atoms with Gasteiger partial charge < -0.3 is 11.1 Å². The van der Waals surface area contributed by atoms with E-state index in [1.165, 1.54) is 12.8 Å². The number of amides is 1. The third-order valence-electron chi connectivity index (χ3n) is 2.89. The molecule has 4 heteroatoms. The van der Waals surface area contributed by atoms with Crippen molar-refractivity contribution in [3.8, 4) is 0 Å². The first-order valence-corrected chi connectivity index (χ1v) is 7.00. The molecule has 0 bridgehead atoms. The minimum absolute atomic E-state index is 0.179. The first-order valence-electron chi connectivity index (χ1n) is 5.85. The summed E-state index contributed by atoms with van der Waals surface area (Å²) >= 11 is 1.71. The fourth-order valence-electron chi connectivity index (χ4n) is 2.07. The monoisotopic (exact) mass is 230 g/mol. The molecule has 0 aromatic heterocycles. The van der Waals surface area contributed by atoms with Crippen LogP contribution in [0, 0.1) is 5.92 Å². The average Bonchev–Trinajstić information content (AvgIpc) is 2.65. The van der Waals surface area contributed by atoms with Gasteiger partial charge in [-0.25, -0.2) is 0 Å². The molecule has 0 aromatic carbocycles. The van der Waals surface area contributed by atoms with Gasteiger partial charge in [0, 0.05) is 6.04 Å². The van der Waals surface area contributed by atoms with Crippen molar-refractivity contribution in [2.24, 2.45) is 11.7 Å². The smallest absolute Gasteiger partial charge is 0.230 e. The largest absolute Gasteiger partial charge is 0.352 e. The fourth-order valence-corrected chi connectivity index (χ4v) is 2.77. The van der Waals surface area contributed by atoms with Gasteiger partial charge in [0.25, 0.3) is 0 Å². The topological polar surface area (TPSA) is 55.1 Å². The summed E-state index contributed by atoms with van der Waals surface area (Å²) in [5.41, 5.74) is 5.67. The third-order valence-corrected chi connectivity index (χ3v) is 4.05. The van der Waals surface area contributed by atoms with Gasteiger partial charge in [-0.3, -0.25) is 4.79 Å². The van der Waals surface area contributed by atoms with Crippen LogP contribution in [0.1, 0.15) is 32.6 Å². The van der Waals surface area contributed by atoms with Gasteiger partial charge in [-0.05, 0) is 37.5 Å². The highest BCUT2D eigenvalue weighted by molar-refractivity contribution is 7.99. The second-order valence-electron chi connectivity index (χ2n) is 4.15. The van der Waals surface area contributed by atoms with Gasteiger partial charge in [-0.2, -0.15) is 11.8 Å². The molecule has 15 heavy (non-hydrogen) atoms. The predicted molar refractivity (Wildman–Crippen MR) is 65.9 cm³/mol. The van der Waals surface area contributed by atoms with Crippen LogP contribution in [-0.4, -0.2) is 30.0 Å². The standard InChI is InChI=1S/C11H22N2OS/c1-2-6-15-8-11(14)13-10-5-3-4-9(10)7-12/h9-10H,2-8,12H2,1H3,(H,13,14). The number of carbonyl (C=O) groups excluding carboxylic acids is 1. The summed E-state index contributed by atoms with van der Waals surface area (Å²) in [6, 6.07) is 0.338. The van der Waals surface area contributed by atoms with Crippen molar-refractivity contribution in [1.29, 1.82) is 0 Å². The number of hydrogen-bond donors (Lipinski definition) is 2. The lowest BCUT2D eigenvalue weighted by atomic mass is 10.0. The minimum atomic E-state index is 0.179. The second kappa shape index (κ2) is 7.12. The Balaban J connectivity index is 2.19. The Labute approximate surface area is 96.6 Å². The molecule has 0 aliphatic heterocycles. The molecule has 2 atom stereocenters. The van der Waals surface area contributed by atoms with E-state index in [0.29, 0.717) is 24.3 Å². The van der Waals surface area contributed by atoms with Crippen molar-refractivity contribution in [1.82, 2.24) is 5.32 Å². The number of nitrogens with one attached hydrogen (secondary N) is 1. The summed E-state index contributed by atoms with van der Waals surface area (Å²) in [5.74, 6) is 2.35. The molecular formula is C11H22N2OS. The molecule has 1 rings (SSSR count). The molecule has 0 aromatic rings. The van der Waals surface area contributed by atoms with Crippen molar-refractivity contribution < 1.29 is 4.79 Å². The molecule has 3 N–H and O–H groups in total. The Morgan fingerprint density at radius 2 is 2.33 bits per heavy atom. The summed E-state index contributed by atoms with van der Waals surface area (Å²) in [7, 11) is 0. The molecular weight excluding hydrogens is 208 g/mol. The normalized spacial score (nSPS) is 25.5. The highest BCUT2D eigenvalue weighted by Gasteiger charge is 2.26. The van der Waals surface area contributed by atoms with Crippen molar-refractivity contribution >= 4 is 17.7 Å². The van der Waals surface area contributed by atoms with Crippen molar-refractivity contribution in [3.63, 3.8) is 0 Å². The maximum Gasteiger partial charge on any atom is 0.230 e. The average molecular weight is 230 g/mol. The van der Waals surface area contributed by atoms with E-state index >= 15 is 0 Å². The molecule has 1 aliphatic carbocycles. The van der Waals surface area contributed by atoms with Gasteiger partial charge in [0.1, 0.15) is 0 Å². The van der Waals surface area contributed by atoms with Gasteiger partial charge in [-0.15, -0.1) is 0 Å². The van der Waals surface area contributed by atoms with Gasteiger partial charge in [0.05, 0.1) is 5.75 Å². The molecule has 0 heterocycles. The van der Waals surface area contributed by atoms with E-state index in [0.717, 1.165) is 18.6 Å². The van der Waals surface area contributed by atoms with Crippen LogP contribution in [0.4, 0.5) is 0 Å². The van der Waals surface area contributed by atoms with Crippen LogP contribution in [0.25, 0.3) is 0 Å². The summed E-state index contributed by atoms with van der Waals surface area (Å²) in [6.45, 7) is 2.83. The van der Waals surface area contributed by atoms with E-state index in [4.69, 9.17) is 5.73 Å². The second-order valence-corrected chi connectivity index (χ2v) is 5.26. The zero-order valence-corrected chi connectivity index (χ0v) is 10.3. The summed E-state index contributed by atoms with van der Waals surface area (Å²) in [4.78, 5) is 11.6. The summed E-state index contributed by atoms with van der Waals surface area (Å²) in [5, 5.41) is 3.10. The lowest BCUT2D eigenvalue weighted by molar-refractivity contribution is -0.119. The van der Waals surface area contributed by atoms with Crippen LogP contribution in [0.15, 0.2) is 0 Å². The van der Waals surface area contributed by atoms with Gasteiger partial charge in [0.2, 0.25) is 5.91 Å². The quantitative estimate of drug-likeness (QED) is 0.678. The zero-order valence-electron chi connectivity index (χ0n) is 9.50. The Kier molecular flexibility index (Phi) is 6.10. The third kappa shape index (κ3) is 4.43. The number of thioether (sulfide) groups is 1.